The average molecular weight is 336 g/mol. The smallest absolute Gasteiger partial charge is 0.191 e. The van der Waals surface area contributed by atoms with Crippen molar-refractivity contribution in [3.05, 3.63) is 29.8 Å². The van der Waals surface area contributed by atoms with Crippen LogP contribution in [0.5, 0.6) is 5.75 Å². The molecule has 0 aliphatic heterocycles. The number of phenolic OH excluding ortho intramolecular Hbond substituents is 1. The molecule has 0 atom stereocenters. The first kappa shape index (κ1) is 20.3. The molecule has 1 aromatic rings. The third kappa shape index (κ3) is 9.37. The maximum absolute atomic E-state index is 9.48. The van der Waals surface area contributed by atoms with Gasteiger partial charge in [0.1, 0.15) is 5.75 Å². The van der Waals surface area contributed by atoms with E-state index in [0.29, 0.717) is 5.75 Å². The summed E-state index contributed by atoms with van der Waals surface area (Å²) in [6.07, 6.45) is 1.88. The molecular weight excluding hydrogens is 304 g/mol. The molecule has 0 aromatic heterocycles. The van der Waals surface area contributed by atoms with Crippen molar-refractivity contribution in [3.63, 3.8) is 0 Å². The highest BCUT2D eigenvalue weighted by Gasteiger charge is 2.00. The molecule has 0 bridgehead atoms. The van der Waals surface area contributed by atoms with Crippen LogP contribution in [0.3, 0.4) is 0 Å². The van der Waals surface area contributed by atoms with E-state index in [0.717, 1.165) is 63.7 Å². The highest BCUT2D eigenvalue weighted by Crippen LogP contribution is 2.10. The lowest BCUT2D eigenvalue weighted by Crippen LogP contribution is -2.39. The molecule has 0 heterocycles. The van der Waals surface area contributed by atoms with E-state index in [1.54, 1.807) is 19.2 Å². The number of hydrogen-bond donors (Lipinski definition) is 3. The van der Waals surface area contributed by atoms with Crippen LogP contribution in [0.25, 0.3) is 0 Å². The number of aromatic hydroxyl groups is 1. The maximum atomic E-state index is 9.48. The second-order valence-corrected chi connectivity index (χ2v) is 5.76. The molecule has 0 saturated heterocycles. The number of phenols is 1. The van der Waals surface area contributed by atoms with E-state index < -0.39 is 0 Å². The summed E-state index contributed by atoms with van der Waals surface area (Å²) in [5.74, 6) is 1.15. The van der Waals surface area contributed by atoms with Gasteiger partial charge in [-0.25, -0.2) is 0 Å². The molecule has 0 unspecified atom stereocenters. The number of nitrogens with one attached hydrogen (secondary N) is 2. The van der Waals surface area contributed by atoms with Crippen LogP contribution in [-0.2, 0) is 11.2 Å². The number of nitrogens with zero attached hydrogens (tertiary/aromatic N) is 2. The van der Waals surface area contributed by atoms with Crippen LogP contribution >= 0.6 is 0 Å². The highest BCUT2D eigenvalue weighted by molar-refractivity contribution is 5.79. The number of guanidine groups is 1. The summed E-state index contributed by atoms with van der Waals surface area (Å²) in [5.41, 5.74) is 1.11. The van der Waals surface area contributed by atoms with Gasteiger partial charge in [0, 0.05) is 39.9 Å². The SMILES string of the molecule is CCNC(=NCCN(C)CCCOC)NCCc1cccc(O)c1. The van der Waals surface area contributed by atoms with Gasteiger partial charge in [-0.05, 0) is 44.5 Å². The summed E-state index contributed by atoms with van der Waals surface area (Å²) in [6, 6.07) is 7.36. The van der Waals surface area contributed by atoms with Crippen LogP contribution in [0.2, 0.25) is 0 Å². The van der Waals surface area contributed by atoms with Crippen LogP contribution in [0.4, 0.5) is 0 Å². The number of methoxy groups -OCH3 is 1. The van der Waals surface area contributed by atoms with E-state index in [9.17, 15) is 5.11 Å². The lowest BCUT2D eigenvalue weighted by atomic mass is 10.1. The third-order valence-electron chi connectivity index (χ3n) is 3.60. The van der Waals surface area contributed by atoms with Gasteiger partial charge in [-0.2, -0.15) is 0 Å². The molecular formula is C18H32N4O2. The first-order valence-electron chi connectivity index (χ1n) is 8.63. The van der Waals surface area contributed by atoms with Gasteiger partial charge in [0.2, 0.25) is 0 Å². The highest BCUT2D eigenvalue weighted by atomic mass is 16.5. The van der Waals surface area contributed by atoms with E-state index >= 15 is 0 Å². The summed E-state index contributed by atoms with van der Waals surface area (Å²) < 4.78 is 5.07. The monoisotopic (exact) mass is 336 g/mol. The summed E-state index contributed by atoms with van der Waals surface area (Å²) in [7, 11) is 3.84. The van der Waals surface area contributed by atoms with Crippen LogP contribution in [0, 0.1) is 0 Å². The minimum atomic E-state index is 0.310. The van der Waals surface area contributed by atoms with Crippen molar-refractivity contribution in [1.29, 1.82) is 0 Å². The Morgan fingerprint density at radius 2 is 2.12 bits per heavy atom. The molecule has 1 rings (SSSR count). The van der Waals surface area contributed by atoms with Crippen molar-refractivity contribution < 1.29 is 9.84 Å². The minimum Gasteiger partial charge on any atom is -0.508 e. The second kappa shape index (κ2) is 12.6. The van der Waals surface area contributed by atoms with Gasteiger partial charge in [-0.3, -0.25) is 4.99 Å². The van der Waals surface area contributed by atoms with Gasteiger partial charge in [-0.15, -0.1) is 0 Å². The number of rotatable bonds is 11. The van der Waals surface area contributed by atoms with Crippen LogP contribution in [0.1, 0.15) is 18.9 Å². The fraction of sp³-hybridized carbons (Fsp3) is 0.611. The Bertz CT molecular complexity index is 480. The van der Waals surface area contributed by atoms with E-state index in [-0.39, 0.29) is 0 Å². The molecule has 0 fully saturated rings. The summed E-state index contributed by atoms with van der Waals surface area (Å²) in [6.45, 7) is 7.17. The van der Waals surface area contributed by atoms with Gasteiger partial charge < -0.3 is 25.4 Å². The Labute approximate surface area is 145 Å². The average Bonchev–Trinajstić information content (AvgIpc) is 2.55. The molecule has 0 amide bonds. The second-order valence-electron chi connectivity index (χ2n) is 5.76. The normalized spacial score (nSPS) is 11.8. The van der Waals surface area contributed by atoms with Crippen molar-refractivity contribution in [2.24, 2.45) is 4.99 Å². The molecule has 0 aliphatic carbocycles. The number of aliphatic imine (C=N–C) groups is 1. The topological polar surface area (TPSA) is 69.1 Å². The van der Waals surface area contributed by atoms with Crippen molar-refractivity contribution in [1.82, 2.24) is 15.5 Å². The fourth-order valence-corrected chi connectivity index (χ4v) is 2.30. The van der Waals surface area contributed by atoms with Crippen molar-refractivity contribution in [2.45, 2.75) is 19.8 Å². The number of hydrogen-bond acceptors (Lipinski definition) is 4. The molecule has 136 valence electrons. The number of benzene rings is 1. The molecule has 3 N–H and O–H groups in total. The fourth-order valence-electron chi connectivity index (χ4n) is 2.30. The van der Waals surface area contributed by atoms with Gasteiger partial charge in [-0.1, -0.05) is 12.1 Å². The largest absolute Gasteiger partial charge is 0.508 e. The predicted octanol–water partition coefficient (Wildman–Crippen LogP) is 1.46. The van der Waals surface area contributed by atoms with E-state index in [1.165, 1.54) is 0 Å². The van der Waals surface area contributed by atoms with Crippen LogP contribution < -0.4 is 10.6 Å². The zero-order valence-corrected chi connectivity index (χ0v) is 15.2. The lowest BCUT2D eigenvalue weighted by molar-refractivity contribution is 0.180. The maximum Gasteiger partial charge on any atom is 0.191 e. The van der Waals surface area contributed by atoms with E-state index in [2.05, 4.69) is 34.5 Å². The Kier molecular flexibility index (Phi) is 10.6. The number of likely N-dealkylation sites (N-methyl/N-ethyl adjacent to an activating group) is 1. The summed E-state index contributed by atoms with van der Waals surface area (Å²) in [5, 5.41) is 16.1. The molecule has 0 saturated carbocycles. The predicted molar refractivity (Wildman–Crippen MR) is 99.8 cm³/mol. The van der Waals surface area contributed by atoms with Gasteiger partial charge >= 0.3 is 0 Å². The zero-order valence-electron chi connectivity index (χ0n) is 15.2. The first-order valence-corrected chi connectivity index (χ1v) is 8.63. The Balaban J connectivity index is 2.31. The Hall–Kier alpha value is -1.79. The van der Waals surface area contributed by atoms with Gasteiger partial charge in [0.15, 0.2) is 5.96 Å². The molecule has 0 radical (unpaired) electrons. The van der Waals surface area contributed by atoms with Crippen LogP contribution in [0.15, 0.2) is 29.3 Å². The van der Waals surface area contributed by atoms with Crippen molar-refractivity contribution >= 4 is 5.96 Å². The molecule has 24 heavy (non-hydrogen) atoms. The van der Waals surface area contributed by atoms with Gasteiger partial charge in [0.05, 0.1) is 6.54 Å². The van der Waals surface area contributed by atoms with E-state index in [4.69, 9.17) is 4.74 Å². The standard InChI is InChI=1S/C18H32N4O2/c1-4-19-18(21-11-13-22(2)12-6-14-24-3)20-10-9-16-7-5-8-17(23)15-16/h5,7-8,15,23H,4,6,9-14H2,1-3H3,(H2,19,20,21). The molecule has 0 aliphatic rings. The first-order chi connectivity index (χ1) is 11.7. The molecule has 0 spiro atoms. The molecule has 6 nitrogen and oxygen atoms in total. The molecule has 1 aromatic carbocycles. The third-order valence-corrected chi connectivity index (χ3v) is 3.60. The van der Waals surface area contributed by atoms with Crippen molar-refractivity contribution in [3.8, 4) is 5.75 Å². The van der Waals surface area contributed by atoms with E-state index in [1.807, 2.05) is 12.1 Å². The quantitative estimate of drug-likeness (QED) is 0.324. The zero-order chi connectivity index (χ0) is 17.6. The Morgan fingerprint density at radius 1 is 1.29 bits per heavy atom. The Morgan fingerprint density at radius 3 is 2.83 bits per heavy atom. The van der Waals surface area contributed by atoms with Crippen LogP contribution in [-0.4, -0.2) is 69.5 Å². The molecule has 6 heteroatoms. The minimum absolute atomic E-state index is 0.310. The van der Waals surface area contributed by atoms with Crippen molar-refractivity contribution in [2.75, 3.05) is 53.5 Å². The lowest BCUT2D eigenvalue weighted by Gasteiger charge is -2.16. The number of ether oxygens (including phenoxy) is 1. The summed E-state index contributed by atoms with van der Waals surface area (Å²) >= 11 is 0. The van der Waals surface area contributed by atoms with Gasteiger partial charge in [0.25, 0.3) is 0 Å². The summed E-state index contributed by atoms with van der Waals surface area (Å²) in [4.78, 5) is 6.87.